The van der Waals surface area contributed by atoms with Crippen LogP contribution in [-0.4, -0.2) is 48.6 Å². The van der Waals surface area contributed by atoms with E-state index in [9.17, 15) is 13.5 Å². The Morgan fingerprint density at radius 3 is 2.85 bits per heavy atom. The normalized spacial score (nSPS) is 25.1. The van der Waals surface area contributed by atoms with Crippen LogP contribution in [0.25, 0.3) is 0 Å². The maximum Gasteiger partial charge on any atom is 0.262 e. The molecular formula is C13H21N3O3S. The van der Waals surface area contributed by atoms with Crippen LogP contribution in [0.3, 0.4) is 0 Å². The summed E-state index contributed by atoms with van der Waals surface area (Å²) in [5.74, 6) is 0. The van der Waals surface area contributed by atoms with Crippen molar-refractivity contribution in [2.75, 3.05) is 25.5 Å². The number of rotatable bonds is 3. The lowest BCUT2D eigenvalue weighted by Gasteiger charge is -2.22. The average Bonchev–Trinajstić information content (AvgIpc) is 2.60. The molecule has 0 amide bonds. The number of hydrogen-bond acceptors (Lipinski definition) is 5. The number of aliphatic hydroxyl groups is 1. The molecule has 112 valence electrons. The molecule has 0 aromatic carbocycles. The Labute approximate surface area is 119 Å². The van der Waals surface area contributed by atoms with E-state index in [2.05, 4.69) is 10.3 Å². The second kappa shape index (κ2) is 5.67. The van der Waals surface area contributed by atoms with Crippen LogP contribution in [0.15, 0.2) is 23.4 Å². The average molecular weight is 299 g/mol. The molecule has 2 heterocycles. The van der Waals surface area contributed by atoms with Crippen molar-refractivity contribution in [2.24, 2.45) is 0 Å². The van der Waals surface area contributed by atoms with Crippen LogP contribution >= 0.6 is 0 Å². The summed E-state index contributed by atoms with van der Waals surface area (Å²) in [4.78, 5) is 4.01. The Bertz CT molecular complexity index is 572. The van der Waals surface area contributed by atoms with E-state index in [0.29, 0.717) is 38.0 Å². The minimum Gasteiger partial charge on any atom is -0.390 e. The Balaban J connectivity index is 2.30. The van der Waals surface area contributed by atoms with Crippen molar-refractivity contribution in [3.8, 4) is 0 Å². The summed E-state index contributed by atoms with van der Waals surface area (Å²) in [5, 5.41) is 13.0. The molecule has 1 aliphatic rings. The molecule has 0 saturated carbocycles. The van der Waals surface area contributed by atoms with E-state index >= 15 is 0 Å². The van der Waals surface area contributed by atoms with Gasteiger partial charge < -0.3 is 10.4 Å². The maximum absolute atomic E-state index is 12.7. The number of sulfonamides is 1. The second-order valence-electron chi connectivity index (χ2n) is 5.36. The van der Waals surface area contributed by atoms with Crippen LogP contribution < -0.4 is 5.32 Å². The summed E-state index contributed by atoms with van der Waals surface area (Å²) in [5.41, 5.74) is -0.302. The lowest BCUT2D eigenvalue weighted by Crippen LogP contribution is -2.34. The molecule has 1 aliphatic heterocycles. The molecule has 2 rings (SSSR count). The van der Waals surface area contributed by atoms with Crippen LogP contribution in [0.5, 0.6) is 0 Å². The molecule has 1 saturated heterocycles. The van der Waals surface area contributed by atoms with E-state index in [0.717, 1.165) is 0 Å². The van der Waals surface area contributed by atoms with Gasteiger partial charge in [-0.15, -0.1) is 0 Å². The Hall–Kier alpha value is -1.18. The lowest BCUT2D eigenvalue weighted by atomic mass is 9.98. The van der Waals surface area contributed by atoms with Gasteiger partial charge in [-0.25, -0.2) is 13.4 Å². The fourth-order valence-corrected chi connectivity index (χ4v) is 3.98. The smallest absolute Gasteiger partial charge is 0.262 e. The van der Waals surface area contributed by atoms with Crippen molar-refractivity contribution >= 4 is 15.7 Å². The molecule has 0 spiro atoms. The molecular weight excluding hydrogens is 278 g/mol. The van der Waals surface area contributed by atoms with E-state index in [4.69, 9.17) is 0 Å². The first-order chi connectivity index (χ1) is 9.37. The first kappa shape index (κ1) is 15.2. The molecule has 0 bridgehead atoms. The van der Waals surface area contributed by atoms with Crippen molar-refractivity contribution in [1.82, 2.24) is 9.29 Å². The number of pyridine rings is 1. The van der Waals surface area contributed by atoms with Gasteiger partial charge in [-0.1, -0.05) is 0 Å². The number of nitrogens with zero attached hydrogens (tertiary/aromatic N) is 2. The number of anilines is 1. The third-order valence-corrected chi connectivity index (χ3v) is 5.51. The molecule has 1 atom stereocenters. The number of hydrogen-bond donors (Lipinski definition) is 2. The fraction of sp³-hybridized carbons (Fsp3) is 0.615. The summed E-state index contributed by atoms with van der Waals surface area (Å²) in [6, 6.07) is 3.38. The number of aromatic nitrogens is 1. The quantitative estimate of drug-likeness (QED) is 0.871. The zero-order chi connectivity index (χ0) is 14.8. The standard InChI is InChI=1S/C13H21N3O3S/c1-13(17)6-4-9-16(10-7-13)20(18,19)12-11(14-2)5-3-8-15-12/h3,5,8,14,17H,4,6-7,9-10H2,1-2H3. The van der Waals surface area contributed by atoms with E-state index in [1.165, 1.54) is 10.5 Å². The van der Waals surface area contributed by atoms with Gasteiger partial charge in [-0.2, -0.15) is 4.31 Å². The summed E-state index contributed by atoms with van der Waals surface area (Å²) in [7, 11) is -1.96. The second-order valence-corrected chi connectivity index (χ2v) is 7.21. The minimum atomic E-state index is -3.63. The van der Waals surface area contributed by atoms with Crippen LogP contribution in [-0.2, 0) is 10.0 Å². The van der Waals surface area contributed by atoms with Crippen molar-refractivity contribution in [2.45, 2.75) is 36.8 Å². The third-order valence-electron chi connectivity index (χ3n) is 3.65. The zero-order valence-corrected chi connectivity index (χ0v) is 12.7. The maximum atomic E-state index is 12.7. The first-order valence-corrected chi connectivity index (χ1v) is 8.16. The topological polar surface area (TPSA) is 82.5 Å². The van der Waals surface area contributed by atoms with E-state index in [1.54, 1.807) is 26.1 Å². The van der Waals surface area contributed by atoms with Gasteiger partial charge >= 0.3 is 0 Å². The van der Waals surface area contributed by atoms with Crippen LogP contribution in [0.1, 0.15) is 26.2 Å². The van der Waals surface area contributed by atoms with Crippen LogP contribution in [0.2, 0.25) is 0 Å². The van der Waals surface area contributed by atoms with Crippen molar-refractivity contribution in [3.63, 3.8) is 0 Å². The summed E-state index contributed by atoms with van der Waals surface area (Å²) in [6.07, 6.45) is 3.17. The van der Waals surface area contributed by atoms with Gasteiger partial charge in [-0.05, 0) is 38.3 Å². The molecule has 1 unspecified atom stereocenters. The fourth-order valence-electron chi connectivity index (χ4n) is 2.39. The van der Waals surface area contributed by atoms with Gasteiger partial charge in [-0.3, -0.25) is 0 Å². The molecule has 0 radical (unpaired) electrons. The highest BCUT2D eigenvalue weighted by Crippen LogP contribution is 2.27. The summed E-state index contributed by atoms with van der Waals surface area (Å²) >= 11 is 0. The Morgan fingerprint density at radius 2 is 2.15 bits per heavy atom. The van der Waals surface area contributed by atoms with Gasteiger partial charge in [0, 0.05) is 26.3 Å². The Kier molecular flexibility index (Phi) is 4.31. The van der Waals surface area contributed by atoms with Crippen molar-refractivity contribution in [1.29, 1.82) is 0 Å². The largest absolute Gasteiger partial charge is 0.390 e. The predicted molar refractivity (Wildman–Crippen MR) is 77.0 cm³/mol. The monoisotopic (exact) mass is 299 g/mol. The Morgan fingerprint density at radius 1 is 1.40 bits per heavy atom. The van der Waals surface area contributed by atoms with E-state index in [1.807, 2.05) is 0 Å². The zero-order valence-electron chi connectivity index (χ0n) is 11.8. The SMILES string of the molecule is CNc1cccnc1S(=O)(=O)N1CCCC(C)(O)CC1. The summed E-state index contributed by atoms with van der Waals surface area (Å²) < 4.78 is 26.8. The van der Waals surface area contributed by atoms with Gasteiger partial charge in [0.1, 0.15) is 0 Å². The van der Waals surface area contributed by atoms with Gasteiger partial charge in [0.05, 0.1) is 11.3 Å². The van der Waals surface area contributed by atoms with Gasteiger partial charge in [0.15, 0.2) is 5.03 Å². The van der Waals surface area contributed by atoms with Crippen LogP contribution in [0, 0.1) is 0 Å². The molecule has 0 aliphatic carbocycles. The highest BCUT2D eigenvalue weighted by Gasteiger charge is 2.33. The van der Waals surface area contributed by atoms with Crippen molar-refractivity contribution < 1.29 is 13.5 Å². The molecule has 20 heavy (non-hydrogen) atoms. The molecule has 6 nitrogen and oxygen atoms in total. The molecule has 2 N–H and O–H groups in total. The molecule has 1 fully saturated rings. The van der Waals surface area contributed by atoms with Crippen LogP contribution in [0.4, 0.5) is 5.69 Å². The number of nitrogens with one attached hydrogen (secondary N) is 1. The highest BCUT2D eigenvalue weighted by molar-refractivity contribution is 7.89. The van der Waals surface area contributed by atoms with Gasteiger partial charge in [0.25, 0.3) is 10.0 Å². The van der Waals surface area contributed by atoms with Gasteiger partial charge in [0.2, 0.25) is 0 Å². The van der Waals surface area contributed by atoms with Crippen molar-refractivity contribution in [3.05, 3.63) is 18.3 Å². The highest BCUT2D eigenvalue weighted by atomic mass is 32.2. The minimum absolute atomic E-state index is 0.0454. The van der Waals surface area contributed by atoms with E-state index < -0.39 is 15.6 Å². The van der Waals surface area contributed by atoms with E-state index in [-0.39, 0.29) is 5.03 Å². The summed E-state index contributed by atoms with van der Waals surface area (Å²) in [6.45, 7) is 2.48. The third kappa shape index (κ3) is 3.11. The molecule has 7 heteroatoms. The molecule has 1 aromatic rings. The molecule has 1 aromatic heterocycles. The first-order valence-electron chi connectivity index (χ1n) is 6.72. The lowest BCUT2D eigenvalue weighted by molar-refractivity contribution is 0.0465. The predicted octanol–water partition coefficient (Wildman–Crippen LogP) is 1.05.